The number of hydrogen-bond acceptors (Lipinski definition) is 5. The zero-order valence-corrected chi connectivity index (χ0v) is 18.3. The number of amides is 1. The molecule has 166 valence electrons. The van der Waals surface area contributed by atoms with Crippen LogP contribution in [0.15, 0.2) is 42.7 Å². The Balaban J connectivity index is 1.61. The van der Waals surface area contributed by atoms with Crippen molar-refractivity contribution < 1.29 is 13.6 Å². The molecule has 2 aromatic heterocycles. The average molecular weight is 466 g/mol. The molecule has 4 heterocycles. The van der Waals surface area contributed by atoms with E-state index in [1.54, 1.807) is 42.4 Å². The molecular weight excluding hydrogens is 448 g/mol. The second-order valence-electron chi connectivity index (χ2n) is 8.25. The number of carbonyl (C=O) groups excluding carboxylic acids is 1. The van der Waals surface area contributed by atoms with Crippen LogP contribution in [0.2, 0.25) is 5.02 Å². The minimum Gasteiger partial charge on any atom is -0.355 e. The van der Waals surface area contributed by atoms with Crippen molar-refractivity contribution in [2.24, 2.45) is 0 Å². The van der Waals surface area contributed by atoms with Crippen LogP contribution in [0.3, 0.4) is 0 Å². The Bertz CT molecular complexity index is 1480. The van der Waals surface area contributed by atoms with Gasteiger partial charge in [0.2, 0.25) is 0 Å². The molecule has 1 atom stereocenters. The van der Waals surface area contributed by atoms with Crippen molar-refractivity contribution >= 4 is 50.6 Å². The summed E-state index contributed by atoms with van der Waals surface area (Å²) in [6, 6.07) is 7.73. The molecule has 0 radical (unpaired) electrons. The molecule has 33 heavy (non-hydrogen) atoms. The predicted octanol–water partition coefficient (Wildman–Crippen LogP) is 4.14. The number of fused-ring (bicyclic) bond motifs is 6. The molecule has 0 aliphatic carbocycles. The standard InChI is InChI=1S/C24H18ClF2N5O/c1-31-16-11-30-22-14(23(16)32-8-7-28-10-17(32)24(31)33)9-29-21(20(22)27)13-4-2-3-12-5-6-15(26)19(25)18(12)13/h2-6,9,11,17,28H,7-8,10H2,1H3. The van der Waals surface area contributed by atoms with Gasteiger partial charge in [0.1, 0.15) is 23.1 Å². The lowest BCUT2D eigenvalue weighted by atomic mass is 9.99. The van der Waals surface area contributed by atoms with Crippen molar-refractivity contribution in [2.45, 2.75) is 6.04 Å². The van der Waals surface area contributed by atoms with E-state index in [0.29, 0.717) is 47.0 Å². The molecule has 2 aromatic carbocycles. The highest BCUT2D eigenvalue weighted by Gasteiger charge is 2.39. The zero-order valence-electron chi connectivity index (χ0n) is 17.6. The third-order valence-corrected chi connectivity index (χ3v) is 6.87. The van der Waals surface area contributed by atoms with E-state index in [1.165, 1.54) is 12.3 Å². The van der Waals surface area contributed by atoms with Crippen LogP contribution < -0.4 is 15.1 Å². The number of nitrogens with zero attached hydrogens (tertiary/aromatic N) is 4. The summed E-state index contributed by atoms with van der Waals surface area (Å²) in [7, 11) is 1.70. The number of anilines is 2. The first kappa shape index (κ1) is 20.3. The number of likely N-dealkylation sites (N-methyl/N-ethyl adjacent to an activating group) is 1. The largest absolute Gasteiger partial charge is 0.355 e. The lowest BCUT2D eigenvalue weighted by molar-refractivity contribution is -0.120. The third-order valence-electron chi connectivity index (χ3n) is 6.51. The lowest BCUT2D eigenvalue weighted by Gasteiger charge is -2.44. The Kier molecular flexibility index (Phi) is 4.50. The first-order valence-corrected chi connectivity index (χ1v) is 10.9. The van der Waals surface area contributed by atoms with Crippen molar-refractivity contribution in [2.75, 3.05) is 36.5 Å². The number of hydrogen-bond donors (Lipinski definition) is 1. The molecule has 2 aliphatic heterocycles. The van der Waals surface area contributed by atoms with Gasteiger partial charge in [-0.05, 0) is 11.5 Å². The molecule has 1 unspecified atom stereocenters. The Labute approximate surface area is 192 Å². The number of piperazine rings is 1. The molecule has 4 aromatic rings. The van der Waals surface area contributed by atoms with Crippen molar-refractivity contribution in [1.29, 1.82) is 0 Å². The smallest absolute Gasteiger partial charge is 0.250 e. The summed E-state index contributed by atoms with van der Waals surface area (Å²) >= 11 is 6.26. The van der Waals surface area contributed by atoms with Crippen LogP contribution in [0, 0.1) is 11.6 Å². The fraction of sp³-hybridized carbons (Fsp3) is 0.208. The summed E-state index contributed by atoms with van der Waals surface area (Å²) in [5.41, 5.74) is 1.94. The van der Waals surface area contributed by atoms with Crippen molar-refractivity contribution in [3.63, 3.8) is 0 Å². The summed E-state index contributed by atoms with van der Waals surface area (Å²) in [5, 5.41) is 4.77. The fourth-order valence-electron chi connectivity index (χ4n) is 4.88. The number of pyridine rings is 2. The molecule has 1 amide bonds. The lowest BCUT2D eigenvalue weighted by Crippen LogP contribution is -2.61. The molecule has 0 saturated carbocycles. The Morgan fingerprint density at radius 2 is 2.00 bits per heavy atom. The van der Waals surface area contributed by atoms with E-state index in [2.05, 4.69) is 15.3 Å². The Morgan fingerprint density at radius 3 is 2.85 bits per heavy atom. The molecule has 0 spiro atoms. The van der Waals surface area contributed by atoms with Gasteiger partial charge in [-0.15, -0.1) is 0 Å². The molecule has 1 saturated heterocycles. The van der Waals surface area contributed by atoms with Crippen LogP contribution in [0.4, 0.5) is 20.2 Å². The van der Waals surface area contributed by atoms with Gasteiger partial charge in [0.05, 0.1) is 22.6 Å². The first-order chi connectivity index (χ1) is 16.0. The van der Waals surface area contributed by atoms with E-state index < -0.39 is 11.6 Å². The van der Waals surface area contributed by atoms with Crippen LogP contribution in [-0.4, -0.2) is 48.6 Å². The van der Waals surface area contributed by atoms with Crippen molar-refractivity contribution in [3.8, 4) is 11.3 Å². The highest BCUT2D eigenvalue weighted by atomic mass is 35.5. The molecule has 6 rings (SSSR count). The van der Waals surface area contributed by atoms with Crippen molar-refractivity contribution in [3.05, 3.63) is 59.4 Å². The van der Waals surface area contributed by atoms with Gasteiger partial charge >= 0.3 is 0 Å². The van der Waals surface area contributed by atoms with Gasteiger partial charge in [0.15, 0.2) is 5.82 Å². The van der Waals surface area contributed by atoms with Crippen molar-refractivity contribution in [1.82, 2.24) is 15.3 Å². The minimum atomic E-state index is -0.616. The highest BCUT2D eigenvalue weighted by Crippen LogP contribution is 2.43. The van der Waals surface area contributed by atoms with E-state index >= 15 is 4.39 Å². The zero-order chi connectivity index (χ0) is 22.9. The van der Waals surface area contributed by atoms with Crippen LogP contribution in [-0.2, 0) is 4.79 Å². The number of benzene rings is 2. The minimum absolute atomic E-state index is 0.0340. The van der Waals surface area contributed by atoms with Crippen LogP contribution >= 0.6 is 11.6 Å². The third kappa shape index (κ3) is 2.84. The molecule has 6 nitrogen and oxygen atoms in total. The van der Waals surface area contributed by atoms with Crippen LogP contribution in [0.1, 0.15) is 0 Å². The Morgan fingerprint density at radius 1 is 1.15 bits per heavy atom. The molecule has 2 aliphatic rings. The van der Waals surface area contributed by atoms with Crippen LogP contribution in [0.25, 0.3) is 32.9 Å². The number of carbonyl (C=O) groups is 1. The summed E-state index contributed by atoms with van der Waals surface area (Å²) in [6.07, 6.45) is 3.10. The number of rotatable bonds is 1. The number of nitrogens with one attached hydrogen (secondary N) is 1. The summed E-state index contributed by atoms with van der Waals surface area (Å²) in [5.74, 6) is -1.23. The predicted molar refractivity (Wildman–Crippen MR) is 125 cm³/mol. The van der Waals surface area contributed by atoms with Crippen LogP contribution in [0.5, 0.6) is 0 Å². The monoisotopic (exact) mass is 465 g/mol. The van der Waals surface area contributed by atoms with Gasteiger partial charge in [-0.3, -0.25) is 14.8 Å². The molecule has 0 bridgehead atoms. The maximum Gasteiger partial charge on any atom is 0.250 e. The summed E-state index contributed by atoms with van der Waals surface area (Å²) in [4.78, 5) is 25.2. The maximum atomic E-state index is 15.9. The average Bonchev–Trinajstić information content (AvgIpc) is 2.84. The molecule has 1 fully saturated rings. The van der Waals surface area contributed by atoms with Gasteiger partial charge in [0, 0.05) is 49.2 Å². The maximum absolute atomic E-state index is 15.9. The van der Waals surface area contributed by atoms with Gasteiger partial charge in [-0.2, -0.15) is 0 Å². The van der Waals surface area contributed by atoms with Gasteiger partial charge in [-0.1, -0.05) is 35.9 Å². The summed E-state index contributed by atoms with van der Waals surface area (Å²) < 4.78 is 30.1. The van der Waals surface area contributed by atoms with E-state index in [1.807, 2.05) is 4.90 Å². The molecule has 1 N–H and O–H groups in total. The summed E-state index contributed by atoms with van der Waals surface area (Å²) in [6.45, 7) is 1.84. The topological polar surface area (TPSA) is 61.4 Å². The Hall–Kier alpha value is -3.36. The SMILES string of the molecule is CN1C(=O)C2CNCCN2c2c1cnc1c(F)c(-c3cccc4ccc(F)c(Cl)c34)ncc21. The van der Waals surface area contributed by atoms with E-state index in [4.69, 9.17) is 11.6 Å². The molecule has 9 heteroatoms. The first-order valence-electron chi connectivity index (χ1n) is 10.6. The van der Waals surface area contributed by atoms with Gasteiger partial charge in [-0.25, -0.2) is 8.78 Å². The number of aromatic nitrogens is 2. The van der Waals surface area contributed by atoms with E-state index in [-0.39, 0.29) is 28.2 Å². The van der Waals surface area contributed by atoms with Gasteiger partial charge in [0.25, 0.3) is 5.91 Å². The highest BCUT2D eigenvalue weighted by molar-refractivity contribution is 6.36. The van der Waals surface area contributed by atoms with E-state index in [9.17, 15) is 9.18 Å². The van der Waals surface area contributed by atoms with E-state index in [0.717, 1.165) is 5.69 Å². The van der Waals surface area contributed by atoms with Gasteiger partial charge < -0.3 is 15.1 Å². The quantitative estimate of drug-likeness (QED) is 0.458. The second kappa shape index (κ2) is 7.33. The second-order valence-corrected chi connectivity index (χ2v) is 8.63. The fourth-order valence-corrected chi connectivity index (χ4v) is 5.15. The normalized spacial score (nSPS) is 18.1. The number of halogens is 3. The molecular formula is C24H18ClF2N5O.